The second-order valence-electron chi connectivity index (χ2n) is 5.30. The summed E-state index contributed by atoms with van der Waals surface area (Å²) in [6.45, 7) is 7.84. The average molecular weight is 261 g/mol. The minimum absolute atomic E-state index is 0.451. The maximum atomic E-state index is 6.12. The molecule has 0 saturated heterocycles. The van der Waals surface area contributed by atoms with E-state index in [9.17, 15) is 0 Å². The first-order valence-electron chi connectivity index (χ1n) is 6.77. The summed E-state index contributed by atoms with van der Waals surface area (Å²) < 4.78 is 11.5. The van der Waals surface area contributed by atoms with Crippen LogP contribution in [0.4, 0.5) is 0 Å². The van der Waals surface area contributed by atoms with Crippen LogP contribution in [0.15, 0.2) is 16.5 Å². The molecular formula is C16H23NO2. The van der Waals surface area contributed by atoms with E-state index < -0.39 is 0 Å². The third-order valence-electron chi connectivity index (χ3n) is 3.51. The maximum absolute atomic E-state index is 6.12. The second kappa shape index (κ2) is 5.76. The van der Waals surface area contributed by atoms with Gasteiger partial charge in [-0.2, -0.15) is 0 Å². The van der Waals surface area contributed by atoms with Crippen molar-refractivity contribution in [2.75, 3.05) is 14.2 Å². The van der Waals surface area contributed by atoms with Gasteiger partial charge in [-0.15, -0.1) is 0 Å². The zero-order valence-corrected chi connectivity index (χ0v) is 12.5. The Morgan fingerprint density at radius 1 is 1.32 bits per heavy atom. The van der Waals surface area contributed by atoms with Crippen LogP contribution in [0.2, 0.25) is 0 Å². The topological polar surface area (TPSA) is 34.4 Å². The Bertz CT molecular complexity index is 570. The quantitative estimate of drug-likeness (QED) is 0.890. The summed E-state index contributed by atoms with van der Waals surface area (Å²) in [7, 11) is 3.66. The van der Waals surface area contributed by atoms with Gasteiger partial charge in [0.05, 0.1) is 13.2 Å². The van der Waals surface area contributed by atoms with E-state index in [1.54, 1.807) is 7.11 Å². The van der Waals surface area contributed by atoms with E-state index in [1.807, 2.05) is 7.05 Å². The highest BCUT2D eigenvalue weighted by Crippen LogP contribution is 2.34. The fourth-order valence-electron chi connectivity index (χ4n) is 2.56. The molecule has 0 amide bonds. The van der Waals surface area contributed by atoms with Gasteiger partial charge in [0.15, 0.2) is 0 Å². The highest BCUT2D eigenvalue weighted by Gasteiger charge is 2.19. The third kappa shape index (κ3) is 2.53. The molecule has 0 aliphatic heterocycles. The summed E-state index contributed by atoms with van der Waals surface area (Å²) in [5.41, 5.74) is 4.71. The molecule has 0 aliphatic carbocycles. The Hall–Kier alpha value is -1.32. The molecule has 0 atom stereocenters. The predicted octanol–water partition coefficient (Wildman–Crippen LogP) is 3.73. The minimum Gasteiger partial charge on any atom is -0.459 e. The number of furan rings is 1. The highest BCUT2D eigenvalue weighted by molar-refractivity contribution is 5.88. The number of rotatable bonds is 5. The van der Waals surface area contributed by atoms with Crippen LogP contribution in [0.25, 0.3) is 11.0 Å². The van der Waals surface area contributed by atoms with Crippen molar-refractivity contribution in [1.82, 2.24) is 5.32 Å². The molecule has 0 aliphatic rings. The first-order chi connectivity index (χ1) is 9.10. The molecule has 2 aromatic rings. The van der Waals surface area contributed by atoms with Gasteiger partial charge in [-0.1, -0.05) is 26.0 Å². The van der Waals surface area contributed by atoms with Gasteiger partial charge in [0.1, 0.15) is 11.3 Å². The standard InChI is InChI=1S/C16H23NO2/c1-10(2)12-7-6-11(3)15-13(9-18-5)14(8-17-4)19-16(12)15/h6-7,10,17H,8-9H2,1-5H3. The van der Waals surface area contributed by atoms with Gasteiger partial charge in [0.2, 0.25) is 0 Å². The largest absolute Gasteiger partial charge is 0.459 e. The van der Waals surface area contributed by atoms with Gasteiger partial charge < -0.3 is 14.5 Å². The Kier molecular flexibility index (Phi) is 4.27. The lowest BCUT2D eigenvalue weighted by Crippen LogP contribution is -2.06. The summed E-state index contributed by atoms with van der Waals surface area (Å²) in [4.78, 5) is 0. The van der Waals surface area contributed by atoms with Crippen LogP contribution in [-0.2, 0) is 17.9 Å². The normalized spacial score (nSPS) is 11.7. The van der Waals surface area contributed by atoms with Crippen LogP contribution in [0.5, 0.6) is 0 Å². The monoisotopic (exact) mass is 261 g/mol. The lowest BCUT2D eigenvalue weighted by atomic mass is 9.97. The molecule has 0 saturated carbocycles. The minimum atomic E-state index is 0.451. The number of methoxy groups -OCH3 is 1. The SMILES string of the molecule is CNCc1oc2c(C(C)C)ccc(C)c2c1COC. The molecule has 19 heavy (non-hydrogen) atoms. The van der Waals surface area contributed by atoms with Crippen LogP contribution in [0.3, 0.4) is 0 Å². The molecule has 2 rings (SSSR count). The van der Waals surface area contributed by atoms with E-state index in [4.69, 9.17) is 9.15 Å². The lowest BCUT2D eigenvalue weighted by Gasteiger charge is -2.08. The van der Waals surface area contributed by atoms with Crippen LogP contribution >= 0.6 is 0 Å². The van der Waals surface area contributed by atoms with Crippen LogP contribution < -0.4 is 5.32 Å². The smallest absolute Gasteiger partial charge is 0.138 e. The maximum Gasteiger partial charge on any atom is 0.138 e. The molecule has 104 valence electrons. The Morgan fingerprint density at radius 3 is 2.63 bits per heavy atom. The Balaban J connectivity index is 2.73. The number of benzene rings is 1. The zero-order valence-electron chi connectivity index (χ0n) is 12.5. The van der Waals surface area contributed by atoms with Crippen molar-refractivity contribution >= 4 is 11.0 Å². The lowest BCUT2D eigenvalue weighted by molar-refractivity contribution is 0.183. The van der Waals surface area contributed by atoms with E-state index in [1.165, 1.54) is 22.1 Å². The molecule has 0 spiro atoms. The highest BCUT2D eigenvalue weighted by atomic mass is 16.5. The molecule has 3 heteroatoms. The summed E-state index contributed by atoms with van der Waals surface area (Å²) in [6.07, 6.45) is 0. The van der Waals surface area contributed by atoms with Crippen LogP contribution in [0.1, 0.15) is 42.2 Å². The molecule has 0 bridgehead atoms. The molecule has 1 N–H and O–H groups in total. The fraction of sp³-hybridized carbons (Fsp3) is 0.500. The Labute approximate surface area is 114 Å². The van der Waals surface area contributed by atoms with Crippen molar-refractivity contribution in [2.45, 2.75) is 39.8 Å². The number of hydrogen-bond donors (Lipinski definition) is 1. The molecule has 1 aromatic carbocycles. The second-order valence-corrected chi connectivity index (χ2v) is 5.30. The molecule has 1 heterocycles. The third-order valence-corrected chi connectivity index (χ3v) is 3.51. The van der Waals surface area contributed by atoms with Crippen molar-refractivity contribution in [3.8, 4) is 0 Å². The van der Waals surface area contributed by atoms with Gasteiger partial charge in [-0.05, 0) is 31.0 Å². The van der Waals surface area contributed by atoms with E-state index in [0.29, 0.717) is 12.5 Å². The Morgan fingerprint density at radius 2 is 2.05 bits per heavy atom. The van der Waals surface area contributed by atoms with Crippen molar-refractivity contribution in [3.05, 3.63) is 34.6 Å². The number of ether oxygens (including phenoxy) is 1. The van der Waals surface area contributed by atoms with Gasteiger partial charge in [0, 0.05) is 18.1 Å². The van der Waals surface area contributed by atoms with Gasteiger partial charge in [0.25, 0.3) is 0 Å². The first-order valence-corrected chi connectivity index (χ1v) is 6.77. The van der Waals surface area contributed by atoms with E-state index in [0.717, 1.165) is 17.9 Å². The summed E-state index contributed by atoms with van der Waals surface area (Å²) in [5.74, 6) is 1.43. The average Bonchev–Trinajstić information content (AvgIpc) is 2.70. The van der Waals surface area contributed by atoms with Crippen LogP contribution in [-0.4, -0.2) is 14.2 Å². The number of hydrogen-bond acceptors (Lipinski definition) is 3. The number of nitrogens with one attached hydrogen (secondary N) is 1. The molecule has 0 fully saturated rings. The summed E-state index contributed by atoms with van der Waals surface area (Å²) in [5, 5.41) is 4.38. The molecule has 1 aromatic heterocycles. The van der Waals surface area contributed by atoms with E-state index in [-0.39, 0.29) is 0 Å². The van der Waals surface area contributed by atoms with Crippen LogP contribution in [0, 0.1) is 6.92 Å². The van der Waals surface area contributed by atoms with E-state index >= 15 is 0 Å². The van der Waals surface area contributed by atoms with Crippen molar-refractivity contribution in [1.29, 1.82) is 0 Å². The first kappa shape index (κ1) is 14.1. The van der Waals surface area contributed by atoms with Crippen molar-refractivity contribution < 1.29 is 9.15 Å². The van der Waals surface area contributed by atoms with Gasteiger partial charge in [-0.3, -0.25) is 0 Å². The summed E-state index contributed by atoms with van der Waals surface area (Å²) >= 11 is 0. The van der Waals surface area contributed by atoms with Crippen molar-refractivity contribution in [3.63, 3.8) is 0 Å². The predicted molar refractivity (Wildman–Crippen MR) is 78.5 cm³/mol. The molecule has 0 unspecified atom stereocenters. The number of aryl methyl sites for hydroxylation is 1. The number of fused-ring (bicyclic) bond motifs is 1. The molecular weight excluding hydrogens is 238 g/mol. The van der Waals surface area contributed by atoms with Gasteiger partial charge >= 0.3 is 0 Å². The fourth-order valence-corrected chi connectivity index (χ4v) is 2.56. The summed E-state index contributed by atoms with van der Waals surface area (Å²) in [6, 6.07) is 4.35. The molecule has 3 nitrogen and oxygen atoms in total. The molecule has 0 radical (unpaired) electrons. The van der Waals surface area contributed by atoms with Gasteiger partial charge in [-0.25, -0.2) is 0 Å². The van der Waals surface area contributed by atoms with Crippen molar-refractivity contribution in [2.24, 2.45) is 0 Å². The zero-order chi connectivity index (χ0) is 14.0. The van der Waals surface area contributed by atoms with E-state index in [2.05, 4.69) is 38.2 Å².